The molecule has 0 radical (unpaired) electrons. The molecule has 2 rings (SSSR count). The van der Waals surface area contributed by atoms with E-state index in [2.05, 4.69) is 10.2 Å². The lowest BCUT2D eigenvalue weighted by atomic mass is 10.3. The van der Waals surface area contributed by atoms with E-state index < -0.39 is 9.84 Å². The Labute approximate surface area is 171 Å². The number of benzene rings is 2. The smallest absolute Gasteiger partial charge is 0.225 e. The van der Waals surface area contributed by atoms with Crippen molar-refractivity contribution in [3.63, 3.8) is 0 Å². The van der Waals surface area contributed by atoms with Gasteiger partial charge in [0.05, 0.1) is 11.5 Å². The molecular formula is C20H25ClN2O4S. The summed E-state index contributed by atoms with van der Waals surface area (Å²) in [4.78, 5) is 14.3. The molecule has 2 aromatic carbocycles. The number of ether oxygens (including phenoxy) is 1. The Morgan fingerprint density at radius 2 is 1.86 bits per heavy atom. The molecule has 2 aromatic rings. The van der Waals surface area contributed by atoms with Crippen molar-refractivity contribution in [3.8, 4) is 5.75 Å². The summed E-state index contributed by atoms with van der Waals surface area (Å²) < 4.78 is 28.7. The highest BCUT2D eigenvalue weighted by molar-refractivity contribution is 7.90. The van der Waals surface area contributed by atoms with E-state index in [0.29, 0.717) is 30.3 Å². The molecule has 0 aliphatic carbocycles. The molecule has 1 N–H and O–H groups in total. The Bertz CT molecular complexity index is 885. The first-order chi connectivity index (χ1) is 13.2. The van der Waals surface area contributed by atoms with Gasteiger partial charge in [0.25, 0.3) is 0 Å². The van der Waals surface area contributed by atoms with E-state index in [1.165, 1.54) is 12.3 Å². The van der Waals surface area contributed by atoms with Gasteiger partial charge >= 0.3 is 0 Å². The average Bonchev–Trinajstić information content (AvgIpc) is 2.65. The molecule has 1 amide bonds. The number of hydrogen-bond acceptors (Lipinski definition) is 5. The lowest BCUT2D eigenvalue weighted by molar-refractivity contribution is -0.116. The summed E-state index contributed by atoms with van der Waals surface area (Å²) in [6.45, 7) is 1.86. The maximum absolute atomic E-state index is 12.0. The number of nitrogens with one attached hydrogen (secondary N) is 1. The number of nitrogens with zero attached hydrogens (tertiary/aromatic N) is 1. The second-order valence-electron chi connectivity index (χ2n) is 6.56. The van der Waals surface area contributed by atoms with Crippen LogP contribution in [0.15, 0.2) is 53.4 Å². The molecule has 0 aliphatic rings. The highest BCUT2D eigenvalue weighted by Gasteiger charge is 2.08. The number of halogens is 1. The lowest BCUT2D eigenvalue weighted by Gasteiger charge is -2.16. The van der Waals surface area contributed by atoms with Gasteiger partial charge in [-0.3, -0.25) is 4.79 Å². The molecule has 28 heavy (non-hydrogen) atoms. The van der Waals surface area contributed by atoms with Gasteiger partial charge in [-0.1, -0.05) is 17.7 Å². The molecule has 6 nitrogen and oxygen atoms in total. The zero-order chi connectivity index (χ0) is 20.6. The Hall–Kier alpha value is -2.09. The summed E-state index contributed by atoms with van der Waals surface area (Å²) in [6, 6.07) is 13.5. The third kappa shape index (κ3) is 7.88. The predicted molar refractivity (Wildman–Crippen MR) is 112 cm³/mol. The van der Waals surface area contributed by atoms with Crippen LogP contribution in [0.3, 0.4) is 0 Å². The molecule has 0 spiro atoms. The minimum absolute atomic E-state index is 0.0528. The maximum atomic E-state index is 12.0. The van der Waals surface area contributed by atoms with E-state index in [9.17, 15) is 13.2 Å². The van der Waals surface area contributed by atoms with Crippen LogP contribution >= 0.6 is 11.6 Å². The predicted octanol–water partition coefficient (Wildman–Crippen LogP) is 3.47. The normalized spacial score (nSPS) is 11.4. The third-order valence-electron chi connectivity index (χ3n) is 4.04. The van der Waals surface area contributed by atoms with Crippen LogP contribution in [0.4, 0.5) is 5.69 Å². The van der Waals surface area contributed by atoms with Gasteiger partial charge in [0.15, 0.2) is 9.84 Å². The Balaban J connectivity index is 1.65. The number of rotatable bonds is 10. The van der Waals surface area contributed by atoms with Crippen LogP contribution in [0.2, 0.25) is 5.02 Å². The minimum atomic E-state index is -3.24. The van der Waals surface area contributed by atoms with Crippen molar-refractivity contribution in [1.82, 2.24) is 4.90 Å². The van der Waals surface area contributed by atoms with E-state index in [1.54, 1.807) is 42.5 Å². The van der Waals surface area contributed by atoms with Crippen molar-refractivity contribution in [2.24, 2.45) is 0 Å². The fraction of sp³-hybridized carbons (Fsp3) is 0.350. The summed E-state index contributed by atoms with van der Waals surface area (Å²) in [5.74, 6) is 0.482. The van der Waals surface area contributed by atoms with E-state index >= 15 is 0 Å². The molecule has 152 valence electrons. The zero-order valence-electron chi connectivity index (χ0n) is 16.0. The van der Waals surface area contributed by atoms with Gasteiger partial charge in [-0.05, 0) is 55.9 Å². The lowest BCUT2D eigenvalue weighted by Crippen LogP contribution is -2.26. The molecule has 0 unspecified atom stereocenters. The van der Waals surface area contributed by atoms with Crippen molar-refractivity contribution >= 4 is 33.0 Å². The van der Waals surface area contributed by atoms with Crippen LogP contribution in [-0.4, -0.2) is 52.2 Å². The minimum Gasteiger partial charge on any atom is -0.494 e. The van der Waals surface area contributed by atoms with Gasteiger partial charge in [0.2, 0.25) is 5.91 Å². The first kappa shape index (κ1) is 22.2. The van der Waals surface area contributed by atoms with Gasteiger partial charge in [0, 0.05) is 36.5 Å². The van der Waals surface area contributed by atoms with Crippen LogP contribution in [-0.2, 0) is 14.6 Å². The molecule has 0 saturated heterocycles. The van der Waals surface area contributed by atoms with Crippen LogP contribution < -0.4 is 10.1 Å². The first-order valence-electron chi connectivity index (χ1n) is 8.91. The van der Waals surface area contributed by atoms with Crippen LogP contribution in [0, 0.1) is 0 Å². The van der Waals surface area contributed by atoms with Crippen molar-refractivity contribution in [2.75, 3.05) is 38.3 Å². The van der Waals surface area contributed by atoms with E-state index in [4.69, 9.17) is 16.3 Å². The zero-order valence-corrected chi connectivity index (χ0v) is 17.6. The van der Waals surface area contributed by atoms with Crippen LogP contribution in [0.25, 0.3) is 0 Å². The van der Waals surface area contributed by atoms with Crippen LogP contribution in [0.1, 0.15) is 12.8 Å². The number of anilines is 1. The number of carbonyl (C=O) groups is 1. The molecule has 0 atom stereocenters. The Kier molecular flexibility index (Phi) is 8.29. The van der Waals surface area contributed by atoms with E-state index in [-0.39, 0.29) is 10.8 Å². The number of amides is 1. The summed E-state index contributed by atoms with van der Waals surface area (Å²) in [7, 11) is -1.30. The summed E-state index contributed by atoms with van der Waals surface area (Å²) in [5.41, 5.74) is 0.724. The van der Waals surface area contributed by atoms with Gasteiger partial charge in [0.1, 0.15) is 5.75 Å². The molecular weight excluding hydrogens is 400 g/mol. The molecule has 0 saturated carbocycles. The summed E-state index contributed by atoms with van der Waals surface area (Å²) >= 11 is 5.82. The fourth-order valence-corrected chi connectivity index (χ4v) is 3.26. The highest BCUT2D eigenvalue weighted by Crippen LogP contribution is 2.17. The van der Waals surface area contributed by atoms with Crippen molar-refractivity contribution < 1.29 is 17.9 Å². The van der Waals surface area contributed by atoms with E-state index in [1.807, 2.05) is 7.05 Å². The fourth-order valence-electron chi connectivity index (χ4n) is 2.48. The molecule has 0 fully saturated rings. The average molecular weight is 425 g/mol. The van der Waals surface area contributed by atoms with Crippen molar-refractivity contribution in [1.29, 1.82) is 0 Å². The number of carbonyl (C=O) groups excluding carboxylic acids is 1. The third-order valence-corrected chi connectivity index (χ3v) is 5.40. The van der Waals surface area contributed by atoms with Crippen molar-refractivity contribution in [3.05, 3.63) is 53.6 Å². The van der Waals surface area contributed by atoms with Crippen LogP contribution in [0.5, 0.6) is 5.75 Å². The van der Waals surface area contributed by atoms with Gasteiger partial charge in [-0.25, -0.2) is 8.42 Å². The Morgan fingerprint density at radius 1 is 1.14 bits per heavy atom. The van der Waals surface area contributed by atoms with Gasteiger partial charge in [-0.2, -0.15) is 0 Å². The maximum Gasteiger partial charge on any atom is 0.225 e. The molecule has 8 heteroatoms. The topological polar surface area (TPSA) is 75.7 Å². The van der Waals surface area contributed by atoms with Gasteiger partial charge in [-0.15, -0.1) is 0 Å². The first-order valence-corrected chi connectivity index (χ1v) is 11.2. The largest absolute Gasteiger partial charge is 0.494 e. The SMILES string of the molecule is CN(CCCOc1cccc(S(C)(=O)=O)c1)CCC(=O)Nc1ccc(Cl)cc1. The van der Waals surface area contributed by atoms with Gasteiger partial charge < -0.3 is 15.0 Å². The standard InChI is InChI=1S/C20H25ClN2O4S/c1-23(13-11-20(24)22-17-9-7-16(21)8-10-17)12-4-14-27-18-5-3-6-19(15-18)28(2,25)26/h3,5-10,15H,4,11-14H2,1-2H3,(H,22,24). The highest BCUT2D eigenvalue weighted by atomic mass is 35.5. The number of hydrogen-bond donors (Lipinski definition) is 1. The number of sulfone groups is 1. The molecule has 0 aromatic heterocycles. The van der Waals surface area contributed by atoms with E-state index in [0.717, 1.165) is 18.7 Å². The molecule has 0 heterocycles. The molecule has 0 aliphatic heterocycles. The Morgan fingerprint density at radius 3 is 2.54 bits per heavy atom. The van der Waals surface area contributed by atoms with Crippen molar-refractivity contribution in [2.45, 2.75) is 17.7 Å². The summed E-state index contributed by atoms with van der Waals surface area (Å²) in [5, 5.41) is 3.46. The molecule has 0 bridgehead atoms. The monoisotopic (exact) mass is 424 g/mol. The quantitative estimate of drug-likeness (QED) is 0.591. The second kappa shape index (κ2) is 10.5. The second-order valence-corrected chi connectivity index (χ2v) is 9.01. The summed E-state index contributed by atoms with van der Waals surface area (Å²) in [6.07, 6.45) is 2.32.